The molecular weight excluding hydrogens is 286 g/mol. The molecule has 0 spiro atoms. The molecule has 0 radical (unpaired) electrons. The molecule has 0 atom stereocenters. The van der Waals surface area contributed by atoms with Gasteiger partial charge in [-0.15, -0.1) is 0 Å². The Kier molecular flexibility index (Phi) is 4.87. The first-order valence-electron chi connectivity index (χ1n) is 5.85. The minimum atomic E-state index is 0.879. The smallest absolute Gasteiger partial charge is 0.0385 e. The Hall–Kier alpha value is -1.72. The van der Waals surface area contributed by atoms with E-state index >= 15 is 0 Å². The molecule has 2 aromatic carbocycles. The number of benzene rings is 2. The first kappa shape index (κ1) is 12.7. The average molecular weight is 300 g/mol. The molecule has 0 aliphatic carbocycles. The van der Waals surface area contributed by atoms with Crippen LogP contribution in [0.1, 0.15) is 12.0 Å². The normalized spacial score (nSPS) is 9.39. The third-order valence-electron chi connectivity index (χ3n) is 2.40. The summed E-state index contributed by atoms with van der Waals surface area (Å²) in [6.07, 6.45) is 0.879. The summed E-state index contributed by atoms with van der Waals surface area (Å²) in [4.78, 5) is 0. The number of halogens is 1. The first-order valence-corrected chi connectivity index (χ1v) is 6.97. The molecule has 2 rings (SSSR count). The maximum absolute atomic E-state index is 3.36. The van der Waals surface area contributed by atoms with Gasteiger partial charge in [-0.25, -0.2) is 0 Å². The number of hydrogen-bond donors (Lipinski definition) is 1. The summed E-state index contributed by atoms with van der Waals surface area (Å²) in [6, 6.07) is 18.3. The van der Waals surface area contributed by atoms with Crippen LogP contribution in [0.2, 0.25) is 0 Å². The van der Waals surface area contributed by atoms with Crippen LogP contribution in [0, 0.1) is 11.8 Å². The standard InChI is InChI=1S/C16H14BrN/c17-13-5-4-6-14-9-11-16(12-10-14)18-15-7-2-1-3-8-15/h1-3,7-12,18H,5,13H2. The molecule has 0 saturated carbocycles. The summed E-state index contributed by atoms with van der Waals surface area (Å²) < 4.78 is 0. The Morgan fingerprint density at radius 3 is 2.22 bits per heavy atom. The van der Waals surface area contributed by atoms with Gasteiger partial charge in [-0.1, -0.05) is 46.0 Å². The van der Waals surface area contributed by atoms with Crippen molar-refractivity contribution in [2.75, 3.05) is 10.6 Å². The van der Waals surface area contributed by atoms with Crippen LogP contribution in [0.4, 0.5) is 11.4 Å². The minimum absolute atomic E-state index is 0.879. The van der Waals surface area contributed by atoms with Crippen LogP contribution in [-0.4, -0.2) is 5.33 Å². The number of nitrogens with one attached hydrogen (secondary N) is 1. The molecule has 1 N–H and O–H groups in total. The Morgan fingerprint density at radius 2 is 1.56 bits per heavy atom. The third-order valence-corrected chi connectivity index (χ3v) is 2.80. The van der Waals surface area contributed by atoms with Crippen LogP contribution in [0.5, 0.6) is 0 Å². The zero-order valence-electron chi connectivity index (χ0n) is 9.99. The monoisotopic (exact) mass is 299 g/mol. The zero-order chi connectivity index (χ0) is 12.6. The number of alkyl halides is 1. The van der Waals surface area contributed by atoms with Crippen molar-refractivity contribution in [2.45, 2.75) is 6.42 Å². The highest BCUT2D eigenvalue weighted by atomic mass is 79.9. The Bertz CT molecular complexity index is 535. The number of rotatable bonds is 3. The molecule has 0 amide bonds. The summed E-state index contributed by atoms with van der Waals surface area (Å²) in [5, 5.41) is 4.27. The topological polar surface area (TPSA) is 12.0 Å². The number of para-hydroxylation sites is 1. The van der Waals surface area contributed by atoms with E-state index < -0.39 is 0 Å². The summed E-state index contributed by atoms with van der Waals surface area (Å²) in [5.74, 6) is 6.23. The van der Waals surface area contributed by atoms with Gasteiger partial charge < -0.3 is 5.32 Å². The highest BCUT2D eigenvalue weighted by molar-refractivity contribution is 9.09. The molecule has 0 aliphatic heterocycles. The molecule has 2 aromatic rings. The molecule has 1 nitrogen and oxygen atoms in total. The molecule has 0 saturated heterocycles. The molecule has 0 bridgehead atoms. The van der Waals surface area contributed by atoms with Gasteiger partial charge in [0.25, 0.3) is 0 Å². The van der Waals surface area contributed by atoms with Crippen molar-refractivity contribution >= 4 is 27.3 Å². The second kappa shape index (κ2) is 6.88. The molecule has 90 valence electrons. The zero-order valence-corrected chi connectivity index (χ0v) is 11.6. The molecule has 18 heavy (non-hydrogen) atoms. The van der Waals surface area contributed by atoms with Crippen molar-refractivity contribution in [3.05, 3.63) is 60.2 Å². The van der Waals surface area contributed by atoms with Crippen molar-refractivity contribution in [1.29, 1.82) is 0 Å². The lowest BCUT2D eigenvalue weighted by Crippen LogP contribution is -1.89. The van der Waals surface area contributed by atoms with Gasteiger partial charge in [0, 0.05) is 28.7 Å². The lowest BCUT2D eigenvalue weighted by molar-refractivity contribution is 1.32. The largest absolute Gasteiger partial charge is 0.356 e. The Labute approximate surface area is 116 Å². The molecule has 0 aromatic heterocycles. The van der Waals surface area contributed by atoms with Gasteiger partial charge in [-0.2, -0.15) is 0 Å². The molecule has 2 heteroatoms. The predicted molar refractivity (Wildman–Crippen MR) is 81.5 cm³/mol. The van der Waals surface area contributed by atoms with Gasteiger partial charge in [-0.3, -0.25) is 0 Å². The average Bonchev–Trinajstić information content (AvgIpc) is 2.42. The van der Waals surface area contributed by atoms with E-state index in [4.69, 9.17) is 0 Å². The van der Waals surface area contributed by atoms with Gasteiger partial charge in [0.2, 0.25) is 0 Å². The van der Waals surface area contributed by atoms with E-state index in [1.807, 2.05) is 54.6 Å². The van der Waals surface area contributed by atoms with E-state index in [1.54, 1.807) is 0 Å². The number of hydrogen-bond acceptors (Lipinski definition) is 1. The summed E-state index contributed by atoms with van der Waals surface area (Å²) >= 11 is 3.36. The summed E-state index contributed by atoms with van der Waals surface area (Å²) in [7, 11) is 0. The van der Waals surface area contributed by atoms with Crippen LogP contribution in [-0.2, 0) is 0 Å². The van der Waals surface area contributed by atoms with E-state index in [9.17, 15) is 0 Å². The van der Waals surface area contributed by atoms with Crippen molar-refractivity contribution in [1.82, 2.24) is 0 Å². The fourth-order valence-electron chi connectivity index (χ4n) is 1.54. The molecule has 0 fully saturated rings. The first-order chi connectivity index (χ1) is 8.88. The fourth-order valence-corrected chi connectivity index (χ4v) is 1.74. The van der Waals surface area contributed by atoms with Gasteiger partial charge >= 0.3 is 0 Å². The van der Waals surface area contributed by atoms with E-state index in [-0.39, 0.29) is 0 Å². The second-order valence-electron chi connectivity index (χ2n) is 3.81. The number of anilines is 2. The van der Waals surface area contributed by atoms with E-state index in [1.165, 1.54) is 0 Å². The maximum atomic E-state index is 3.36. The van der Waals surface area contributed by atoms with E-state index in [0.717, 1.165) is 28.7 Å². The molecular formula is C16H14BrN. The minimum Gasteiger partial charge on any atom is -0.356 e. The highest BCUT2D eigenvalue weighted by Crippen LogP contribution is 2.16. The van der Waals surface area contributed by atoms with E-state index in [2.05, 4.69) is 33.1 Å². The molecule has 0 aliphatic rings. The summed E-state index contributed by atoms with van der Waals surface area (Å²) in [6.45, 7) is 0. The quantitative estimate of drug-likeness (QED) is 0.647. The highest BCUT2D eigenvalue weighted by Gasteiger charge is 1.93. The van der Waals surface area contributed by atoms with E-state index in [0.29, 0.717) is 0 Å². The van der Waals surface area contributed by atoms with Crippen LogP contribution < -0.4 is 5.32 Å². The Balaban J connectivity index is 2.02. The van der Waals surface area contributed by atoms with Crippen LogP contribution >= 0.6 is 15.9 Å². The lowest BCUT2D eigenvalue weighted by atomic mass is 10.2. The van der Waals surface area contributed by atoms with Crippen molar-refractivity contribution in [3.8, 4) is 11.8 Å². The van der Waals surface area contributed by atoms with Gasteiger partial charge in [-0.05, 0) is 36.4 Å². The third kappa shape index (κ3) is 3.94. The fraction of sp³-hybridized carbons (Fsp3) is 0.125. The SMILES string of the molecule is BrCCC#Cc1ccc(Nc2ccccc2)cc1. The molecule has 0 heterocycles. The summed E-state index contributed by atoms with van der Waals surface area (Å²) in [5.41, 5.74) is 3.22. The predicted octanol–water partition coefficient (Wildman–Crippen LogP) is 4.57. The van der Waals surface area contributed by atoms with Crippen LogP contribution in [0.25, 0.3) is 0 Å². The molecule has 0 unspecified atom stereocenters. The van der Waals surface area contributed by atoms with Crippen molar-refractivity contribution < 1.29 is 0 Å². The van der Waals surface area contributed by atoms with Gasteiger partial charge in [0.15, 0.2) is 0 Å². The van der Waals surface area contributed by atoms with Crippen molar-refractivity contribution in [2.24, 2.45) is 0 Å². The lowest BCUT2D eigenvalue weighted by Gasteiger charge is -2.05. The van der Waals surface area contributed by atoms with Gasteiger partial charge in [0.05, 0.1) is 0 Å². The van der Waals surface area contributed by atoms with Gasteiger partial charge in [0.1, 0.15) is 0 Å². The Morgan fingerprint density at radius 1 is 0.889 bits per heavy atom. The maximum Gasteiger partial charge on any atom is 0.0385 e. The second-order valence-corrected chi connectivity index (χ2v) is 4.60. The van der Waals surface area contributed by atoms with Crippen molar-refractivity contribution in [3.63, 3.8) is 0 Å². The van der Waals surface area contributed by atoms with Crippen LogP contribution in [0.3, 0.4) is 0 Å². The van der Waals surface area contributed by atoms with Crippen LogP contribution in [0.15, 0.2) is 54.6 Å².